The molecule has 0 bridgehead atoms. The summed E-state index contributed by atoms with van der Waals surface area (Å²) in [5, 5.41) is 3.16. The van der Waals surface area contributed by atoms with Crippen LogP contribution in [0.1, 0.15) is 29.0 Å². The maximum absolute atomic E-state index is 12.6. The molecule has 1 aromatic carbocycles. The van der Waals surface area contributed by atoms with Gasteiger partial charge in [-0.25, -0.2) is 4.98 Å². The molecule has 0 spiro atoms. The molecule has 4 rings (SSSR count). The predicted octanol–water partition coefficient (Wildman–Crippen LogP) is 3.32. The molecule has 6 nitrogen and oxygen atoms in total. The van der Waals surface area contributed by atoms with E-state index in [1.54, 1.807) is 18.5 Å². The van der Waals surface area contributed by atoms with Crippen molar-refractivity contribution in [1.82, 2.24) is 15.2 Å². The summed E-state index contributed by atoms with van der Waals surface area (Å²) < 4.78 is 5.41. The number of nitrogens with one attached hydrogen (secondary N) is 1. The number of aromatic nitrogens is 1. The van der Waals surface area contributed by atoms with Crippen molar-refractivity contribution in [3.05, 3.63) is 72.3 Å². The molecule has 0 atom stereocenters. The molecule has 1 saturated heterocycles. The Morgan fingerprint density at radius 1 is 1.11 bits per heavy atom. The van der Waals surface area contributed by atoms with Gasteiger partial charge in [0.25, 0.3) is 5.91 Å². The largest absolute Gasteiger partial charge is 0.468 e. The van der Waals surface area contributed by atoms with Crippen molar-refractivity contribution in [3.8, 4) is 11.1 Å². The number of amides is 1. The van der Waals surface area contributed by atoms with Gasteiger partial charge >= 0.3 is 0 Å². The summed E-state index contributed by atoms with van der Waals surface area (Å²) in [4.78, 5) is 19.0. The van der Waals surface area contributed by atoms with E-state index >= 15 is 0 Å². The van der Waals surface area contributed by atoms with Crippen LogP contribution in [0.4, 0.5) is 5.82 Å². The molecule has 0 saturated carbocycles. The van der Waals surface area contributed by atoms with Gasteiger partial charge in [0.1, 0.15) is 11.6 Å². The molecule has 3 heterocycles. The number of nitrogens with two attached hydrogens (primary N) is 1. The average Bonchev–Trinajstić information content (AvgIpc) is 3.23. The second-order valence-electron chi connectivity index (χ2n) is 7.15. The molecule has 1 amide bonds. The van der Waals surface area contributed by atoms with Crippen molar-refractivity contribution in [2.75, 3.05) is 18.8 Å². The minimum absolute atomic E-state index is 0.0218. The van der Waals surface area contributed by atoms with Crippen molar-refractivity contribution in [3.63, 3.8) is 0 Å². The average molecular weight is 376 g/mol. The van der Waals surface area contributed by atoms with Crippen LogP contribution in [0.5, 0.6) is 0 Å². The molecule has 1 fully saturated rings. The number of hydrogen-bond acceptors (Lipinski definition) is 5. The number of likely N-dealkylation sites (tertiary alicyclic amines) is 1. The highest BCUT2D eigenvalue weighted by Crippen LogP contribution is 2.20. The summed E-state index contributed by atoms with van der Waals surface area (Å²) in [6.45, 7) is 2.73. The molecule has 1 aliphatic rings. The number of nitrogens with zero attached hydrogens (tertiary/aromatic N) is 2. The number of pyridine rings is 1. The Balaban J connectivity index is 1.30. The minimum atomic E-state index is -0.0218. The van der Waals surface area contributed by atoms with Crippen LogP contribution >= 0.6 is 0 Å². The van der Waals surface area contributed by atoms with Crippen molar-refractivity contribution >= 4 is 11.7 Å². The maximum Gasteiger partial charge on any atom is 0.251 e. The fourth-order valence-corrected chi connectivity index (χ4v) is 3.52. The molecule has 3 N–H and O–H groups in total. The van der Waals surface area contributed by atoms with Crippen LogP contribution in [0.2, 0.25) is 0 Å². The minimum Gasteiger partial charge on any atom is -0.468 e. The number of carbonyl (C=O) groups is 1. The van der Waals surface area contributed by atoms with Crippen LogP contribution in [-0.4, -0.2) is 34.9 Å². The predicted molar refractivity (Wildman–Crippen MR) is 109 cm³/mol. The zero-order valence-corrected chi connectivity index (χ0v) is 15.7. The first-order chi connectivity index (χ1) is 13.7. The van der Waals surface area contributed by atoms with Crippen LogP contribution < -0.4 is 11.1 Å². The van der Waals surface area contributed by atoms with E-state index in [4.69, 9.17) is 10.2 Å². The molecular formula is C22H24N4O2. The SMILES string of the molecule is Nc1ccc(-c2ccc(C(=O)NC3CCN(Cc4ccco4)CC3)cc2)cn1. The monoisotopic (exact) mass is 376 g/mol. The summed E-state index contributed by atoms with van der Waals surface area (Å²) in [6, 6.07) is 15.4. The Bertz CT molecular complexity index is 897. The van der Waals surface area contributed by atoms with E-state index in [-0.39, 0.29) is 11.9 Å². The highest BCUT2D eigenvalue weighted by atomic mass is 16.3. The molecule has 6 heteroatoms. The molecule has 3 aromatic rings. The van der Waals surface area contributed by atoms with E-state index < -0.39 is 0 Å². The summed E-state index contributed by atoms with van der Waals surface area (Å²) in [7, 11) is 0. The Labute approximate surface area is 164 Å². The lowest BCUT2D eigenvalue weighted by Gasteiger charge is -2.31. The molecule has 1 aliphatic heterocycles. The van der Waals surface area contributed by atoms with Gasteiger partial charge < -0.3 is 15.5 Å². The molecule has 0 aliphatic carbocycles. The van der Waals surface area contributed by atoms with Crippen LogP contribution in [-0.2, 0) is 6.54 Å². The van der Waals surface area contributed by atoms with Gasteiger partial charge in [-0.2, -0.15) is 0 Å². The highest BCUT2D eigenvalue weighted by molar-refractivity contribution is 5.94. The molecule has 0 unspecified atom stereocenters. The number of rotatable bonds is 5. The lowest BCUT2D eigenvalue weighted by molar-refractivity contribution is 0.0906. The van der Waals surface area contributed by atoms with Crippen LogP contribution in [0.25, 0.3) is 11.1 Å². The van der Waals surface area contributed by atoms with Gasteiger partial charge in [0.05, 0.1) is 12.8 Å². The number of benzene rings is 1. The first kappa shape index (κ1) is 18.3. The molecule has 144 valence electrons. The zero-order valence-electron chi connectivity index (χ0n) is 15.7. The van der Waals surface area contributed by atoms with Crippen LogP contribution in [0, 0.1) is 0 Å². The Morgan fingerprint density at radius 3 is 2.50 bits per heavy atom. The lowest BCUT2D eigenvalue weighted by atomic mass is 10.0. The number of hydrogen-bond donors (Lipinski definition) is 2. The van der Waals surface area contributed by atoms with Gasteiger partial charge in [-0.1, -0.05) is 12.1 Å². The van der Waals surface area contributed by atoms with Gasteiger partial charge in [-0.05, 0) is 54.8 Å². The fraction of sp³-hybridized carbons (Fsp3) is 0.273. The van der Waals surface area contributed by atoms with E-state index in [1.807, 2.05) is 42.5 Å². The molecule has 2 aromatic heterocycles. The topological polar surface area (TPSA) is 84.4 Å². The maximum atomic E-state index is 12.6. The van der Waals surface area contributed by atoms with E-state index in [9.17, 15) is 4.79 Å². The fourth-order valence-electron chi connectivity index (χ4n) is 3.52. The third-order valence-corrected chi connectivity index (χ3v) is 5.15. The van der Waals surface area contributed by atoms with E-state index in [1.165, 1.54) is 0 Å². The molecule has 28 heavy (non-hydrogen) atoms. The Hall–Kier alpha value is -3.12. The Kier molecular flexibility index (Phi) is 5.39. The number of carbonyl (C=O) groups excluding carboxylic acids is 1. The van der Waals surface area contributed by atoms with Gasteiger partial charge in [0.2, 0.25) is 0 Å². The Morgan fingerprint density at radius 2 is 1.86 bits per heavy atom. The van der Waals surface area contributed by atoms with Crippen molar-refractivity contribution < 1.29 is 9.21 Å². The molecular weight excluding hydrogens is 352 g/mol. The number of furan rings is 1. The standard InChI is InChI=1S/C22H24N4O2/c23-21-8-7-18(14-24-21)16-3-5-17(6-4-16)22(27)25-19-9-11-26(12-10-19)15-20-2-1-13-28-20/h1-8,13-14,19H,9-12,15H2,(H2,23,24)(H,25,27). The van der Waals surface area contributed by atoms with Crippen molar-refractivity contribution in [2.24, 2.45) is 0 Å². The van der Waals surface area contributed by atoms with Crippen LogP contribution in [0.3, 0.4) is 0 Å². The summed E-state index contributed by atoms with van der Waals surface area (Å²) in [6.07, 6.45) is 5.33. The van der Waals surface area contributed by atoms with Crippen molar-refractivity contribution in [1.29, 1.82) is 0 Å². The first-order valence-corrected chi connectivity index (χ1v) is 9.55. The van der Waals surface area contributed by atoms with Gasteiger partial charge in [0.15, 0.2) is 0 Å². The zero-order chi connectivity index (χ0) is 19.3. The summed E-state index contributed by atoms with van der Waals surface area (Å²) >= 11 is 0. The normalized spacial score (nSPS) is 15.4. The molecule has 0 radical (unpaired) electrons. The quantitative estimate of drug-likeness (QED) is 0.714. The third-order valence-electron chi connectivity index (χ3n) is 5.15. The van der Waals surface area contributed by atoms with Gasteiger partial charge in [-0.15, -0.1) is 0 Å². The van der Waals surface area contributed by atoms with Gasteiger partial charge in [0, 0.05) is 36.5 Å². The van der Waals surface area contributed by atoms with E-state index in [2.05, 4.69) is 15.2 Å². The van der Waals surface area contributed by atoms with Gasteiger partial charge in [-0.3, -0.25) is 9.69 Å². The second kappa shape index (κ2) is 8.27. The van der Waals surface area contributed by atoms with Crippen molar-refractivity contribution in [2.45, 2.75) is 25.4 Å². The van der Waals surface area contributed by atoms with E-state index in [0.717, 1.165) is 49.4 Å². The second-order valence-corrected chi connectivity index (χ2v) is 7.15. The number of nitrogen functional groups attached to an aromatic ring is 1. The summed E-state index contributed by atoms with van der Waals surface area (Å²) in [5.74, 6) is 1.46. The highest BCUT2D eigenvalue weighted by Gasteiger charge is 2.21. The smallest absolute Gasteiger partial charge is 0.251 e. The lowest BCUT2D eigenvalue weighted by Crippen LogP contribution is -2.44. The van der Waals surface area contributed by atoms with E-state index in [0.29, 0.717) is 11.4 Å². The number of anilines is 1. The summed E-state index contributed by atoms with van der Waals surface area (Å²) in [5.41, 5.74) is 8.29. The number of piperidine rings is 1. The first-order valence-electron chi connectivity index (χ1n) is 9.55. The van der Waals surface area contributed by atoms with Crippen LogP contribution in [0.15, 0.2) is 65.4 Å². The third kappa shape index (κ3) is 4.40.